The summed E-state index contributed by atoms with van der Waals surface area (Å²) in [6.45, 7) is 6.56. The van der Waals surface area contributed by atoms with Crippen LogP contribution in [0.15, 0.2) is 24.3 Å². The number of carbonyl (C=O) groups is 2. The summed E-state index contributed by atoms with van der Waals surface area (Å²) in [4.78, 5) is 39.5. The zero-order valence-electron chi connectivity index (χ0n) is 18.6. The summed E-state index contributed by atoms with van der Waals surface area (Å²) < 4.78 is 5.52. The van der Waals surface area contributed by atoms with Gasteiger partial charge in [-0.25, -0.2) is 4.79 Å². The number of nitriles is 1. The van der Waals surface area contributed by atoms with Crippen LogP contribution in [0.3, 0.4) is 0 Å². The molecule has 0 radical (unpaired) electrons. The molecule has 10 heteroatoms. The highest BCUT2D eigenvalue weighted by Gasteiger charge is 2.44. The van der Waals surface area contributed by atoms with E-state index in [1.165, 1.54) is 17.0 Å². The first-order valence-electron chi connectivity index (χ1n) is 10.8. The van der Waals surface area contributed by atoms with Gasteiger partial charge in [-0.1, -0.05) is 12.1 Å². The van der Waals surface area contributed by atoms with E-state index in [2.05, 4.69) is 11.4 Å². The van der Waals surface area contributed by atoms with Crippen molar-refractivity contribution < 1.29 is 19.2 Å². The van der Waals surface area contributed by atoms with Gasteiger partial charge in [-0.05, 0) is 45.6 Å². The molecule has 2 fully saturated rings. The summed E-state index contributed by atoms with van der Waals surface area (Å²) in [5.74, 6) is -0.223. The number of amides is 2. The Morgan fingerprint density at radius 2 is 1.97 bits per heavy atom. The van der Waals surface area contributed by atoms with Gasteiger partial charge >= 0.3 is 6.09 Å². The molecule has 0 spiro atoms. The van der Waals surface area contributed by atoms with Crippen LogP contribution < -0.4 is 5.32 Å². The van der Waals surface area contributed by atoms with Crippen LogP contribution >= 0.6 is 0 Å². The number of hydrogen-bond donors (Lipinski definition) is 1. The minimum atomic E-state index is -0.701. The number of non-ortho nitro benzene ring substituents is 1. The van der Waals surface area contributed by atoms with Crippen molar-refractivity contribution in [1.82, 2.24) is 15.1 Å². The third-order valence-electron chi connectivity index (χ3n) is 5.64. The molecule has 1 N–H and O–H groups in total. The van der Waals surface area contributed by atoms with E-state index in [4.69, 9.17) is 4.74 Å². The SMILES string of the molecule is CC(C)(C)OC(=O)N1C[C@@H](NCc2ccc([N+](=O)[O-])cc2)C[C@H]1C(=O)N1CCC[C@H]1C#N. The van der Waals surface area contributed by atoms with Crippen molar-refractivity contribution in [2.45, 2.75) is 70.3 Å². The Morgan fingerprint density at radius 1 is 1.28 bits per heavy atom. The monoisotopic (exact) mass is 443 g/mol. The average Bonchev–Trinajstić information content (AvgIpc) is 3.38. The Labute approximate surface area is 187 Å². The van der Waals surface area contributed by atoms with Gasteiger partial charge in [-0.15, -0.1) is 0 Å². The molecule has 1 aromatic rings. The number of rotatable bonds is 5. The number of nitrogens with one attached hydrogen (secondary N) is 1. The predicted octanol–water partition coefficient (Wildman–Crippen LogP) is 2.58. The fraction of sp³-hybridized carbons (Fsp3) is 0.591. The highest BCUT2D eigenvalue weighted by Crippen LogP contribution is 2.27. The number of ether oxygens (including phenoxy) is 1. The predicted molar refractivity (Wildman–Crippen MR) is 115 cm³/mol. The Kier molecular flexibility index (Phi) is 6.99. The lowest BCUT2D eigenvalue weighted by Crippen LogP contribution is -2.50. The zero-order valence-corrected chi connectivity index (χ0v) is 18.6. The summed E-state index contributed by atoms with van der Waals surface area (Å²) in [6.07, 6.45) is 1.26. The second-order valence-electron chi connectivity index (χ2n) is 9.20. The van der Waals surface area contributed by atoms with Crippen molar-refractivity contribution in [3.05, 3.63) is 39.9 Å². The fourth-order valence-electron chi connectivity index (χ4n) is 4.09. The van der Waals surface area contributed by atoms with E-state index >= 15 is 0 Å². The maximum absolute atomic E-state index is 13.3. The highest BCUT2D eigenvalue weighted by atomic mass is 16.6. The third-order valence-corrected chi connectivity index (χ3v) is 5.64. The minimum Gasteiger partial charge on any atom is -0.444 e. The number of carbonyl (C=O) groups excluding carboxylic acids is 2. The molecular formula is C22H29N5O5. The summed E-state index contributed by atoms with van der Waals surface area (Å²) in [6, 6.07) is 7.10. The van der Waals surface area contributed by atoms with Crippen molar-refractivity contribution >= 4 is 17.7 Å². The molecule has 0 unspecified atom stereocenters. The third kappa shape index (κ3) is 5.53. The van der Waals surface area contributed by atoms with E-state index in [1.807, 2.05) is 0 Å². The molecule has 2 aliphatic heterocycles. The molecule has 32 heavy (non-hydrogen) atoms. The van der Waals surface area contributed by atoms with Crippen LogP contribution in [0.1, 0.15) is 45.6 Å². The van der Waals surface area contributed by atoms with E-state index in [0.29, 0.717) is 32.5 Å². The molecule has 2 saturated heterocycles. The number of likely N-dealkylation sites (tertiary alicyclic amines) is 2. The second kappa shape index (κ2) is 9.53. The number of nitro groups is 1. The van der Waals surface area contributed by atoms with Crippen LogP contribution in [-0.4, -0.2) is 63.5 Å². The van der Waals surface area contributed by atoms with E-state index in [1.54, 1.807) is 37.8 Å². The van der Waals surface area contributed by atoms with Crippen LogP contribution in [0.5, 0.6) is 0 Å². The number of nitrogens with zero attached hydrogens (tertiary/aromatic N) is 4. The smallest absolute Gasteiger partial charge is 0.411 e. The lowest BCUT2D eigenvalue weighted by molar-refractivity contribution is -0.384. The highest BCUT2D eigenvalue weighted by molar-refractivity contribution is 5.87. The minimum absolute atomic E-state index is 0.0223. The summed E-state index contributed by atoms with van der Waals surface area (Å²) in [5, 5.41) is 23.5. The Balaban J connectivity index is 1.70. The molecule has 10 nitrogen and oxygen atoms in total. The van der Waals surface area contributed by atoms with Gasteiger partial charge in [0.05, 0.1) is 11.0 Å². The van der Waals surface area contributed by atoms with E-state index in [0.717, 1.165) is 12.0 Å². The Bertz CT molecular complexity index is 905. The van der Waals surface area contributed by atoms with E-state index in [9.17, 15) is 25.0 Å². The van der Waals surface area contributed by atoms with Crippen molar-refractivity contribution in [2.24, 2.45) is 0 Å². The first-order valence-corrected chi connectivity index (χ1v) is 10.8. The van der Waals surface area contributed by atoms with E-state index in [-0.39, 0.29) is 17.6 Å². The Hall–Kier alpha value is -3.19. The Morgan fingerprint density at radius 3 is 2.56 bits per heavy atom. The van der Waals surface area contributed by atoms with Gasteiger partial charge in [-0.3, -0.25) is 19.8 Å². The maximum atomic E-state index is 13.3. The largest absolute Gasteiger partial charge is 0.444 e. The lowest BCUT2D eigenvalue weighted by atomic mass is 10.1. The van der Waals surface area contributed by atoms with Gasteiger partial charge in [0.15, 0.2) is 0 Å². The fourth-order valence-corrected chi connectivity index (χ4v) is 4.09. The molecule has 2 heterocycles. The molecule has 2 aliphatic rings. The van der Waals surface area contributed by atoms with Crippen LogP contribution in [0.2, 0.25) is 0 Å². The molecule has 172 valence electrons. The van der Waals surface area contributed by atoms with Crippen LogP contribution in [0.25, 0.3) is 0 Å². The van der Waals surface area contributed by atoms with Crippen LogP contribution in [0.4, 0.5) is 10.5 Å². The average molecular weight is 444 g/mol. The molecule has 0 bridgehead atoms. The van der Waals surface area contributed by atoms with Crippen molar-refractivity contribution in [3.8, 4) is 6.07 Å². The molecule has 3 rings (SSSR count). The quantitative estimate of drug-likeness (QED) is 0.547. The van der Waals surface area contributed by atoms with Gasteiger partial charge in [-0.2, -0.15) is 5.26 Å². The molecule has 0 aromatic heterocycles. The number of hydrogen-bond acceptors (Lipinski definition) is 7. The second-order valence-corrected chi connectivity index (χ2v) is 9.20. The summed E-state index contributed by atoms with van der Waals surface area (Å²) >= 11 is 0. The van der Waals surface area contributed by atoms with Gasteiger partial charge in [0.1, 0.15) is 17.7 Å². The first kappa shape index (κ1) is 23.5. The van der Waals surface area contributed by atoms with Crippen LogP contribution in [-0.2, 0) is 16.1 Å². The summed E-state index contributed by atoms with van der Waals surface area (Å²) in [7, 11) is 0. The standard InChI is InChI=1S/C22H29N5O5/c1-22(2,3)32-21(29)26-14-16(24-13-15-6-8-17(9-7-15)27(30)31)11-19(26)20(28)25-10-4-5-18(25)12-23/h6-9,16,18-19,24H,4-5,10-11,13-14H2,1-3H3/t16-,18-,19-/m0/s1. The normalized spacial score (nSPS) is 23.1. The lowest BCUT2D eigenvalue weighted by Gasteiger charge is -2.30. The topological polar surface area (TPSA) is 129 Å². The molecular weight excluding hydrogens is 414 g/mol. The molecule has 3 atom stereocenters. The van der Waals surface area contributed by atoms with Crippen LogP contribution in [0, 0.1) is 21.4 Å². The summed E-state index contributed by atoms with van der Waals surface area (Å²) in [5.41, 5.74) is 0.185. The van der Waals surface area contributed by atoms with Gasteiger partial charge in [0.2, 0.25) is 5.91 Å². The van der Waals surface area contributed by atoms with Gasteiger partial charge < -0.3 is 15.0 Å². The molecule has 0 aliphatic carbocycles. The van der Waals surface area contributed by atoms with Crippen molar-refractivity contribution in [2.75, 3.05) is 13.1 Å². The molecule has 0 saturated carbocycles. The van der Waals surface area contributed by atoms with Gasteiger partial charge in [0, 0.05) is 37.8 Å². The van der Waals surface area contributed by atoms with Crippen molar-refractivity contribution in [3.63, 3.8) is 0 Å². The van der Waals surface area contributed by atoms with E-state index < -0.39 is 28.7 Å². The molecule has 2 amide bonds. The number of benzene rings is 1. The first-order chi connectivity index (χ1) is 15.1. The molecule has 1 aromatic carbocycles. The zero-order chi connectivity index (χ0) is 23.5. The number of nitro benzene ring substituents is 1. The van der Waals surface area contributed by atoms with Gasteiger partial charge in [0.25, 0.3) is 5.69 Å². The maximum Gasteiger partial charge on any atom is 0.411 e. The van der Waals surface area contributed by atoms with Crippen molar-refractivity contribution in [1.29, 1.82) is 5.26 Å².